The quantitative estimate of drug-likeness (QED) is 0.565. The second-order valence-electron chi connectivity index (χ2n) is 4.84. The minimum absolute atomic E-state index is 0.330. The van der Waals surface area contributed by atoms with Gasteiger partial charge in [0.2, 0.25) is 0 Å². The molecular weight excluding hydrogens is 295 g/mol. The summed E-state index contributed by atoms with van der Waals surface area (Å²) in [5.74, 6) is 0. The van der Waals surface area contributed by atoms with Crippen LogP contribution in [0.3, 0.4) is 0 Å². The van der Waals surface area contributed by atoms with Crippen molar-refractivity contribution in [3.05, 3.63) is 42.6 Å². The van der Waals surface area contributed by atoms with Crippen LogP contribution < -0.4 is 0 Å². The van der Waals surface area contributed by atoms with Crippen LogP contribution in [0.1, 0.15) is 5.56 Å². The number of halogens is 3. The molecule has 0 aliphatic rings. The van der Waals surface area contributed by atoms with Crippen molar-refractivity contribution >= 4 is 21.9 Å². The minimum Gasteiger partial charge on any atom is -0.345 e. The highest BCUT2D eigenvalue weighted by atomic mass is 19.4. The van der Waals surface area contributed by atoms with E-state index in [0.29, 0.717) is 33.1 Å². The van der Waals surface area contributed by atoms with Crippen LogP contribution in [0.25, 0.3) is 33.1 Å². The summed E-state index contributed by atoms with van der Waals surface area (Å²) < 4.78 is 39.3. The van der Waals surface area contributed by atoms with Gasteiger partial charge < -0.3 is 4.98 Å². The molecule has 3 aromatic heterocycles. The van der Waals surface area contributed by atoms with E-state index in [2.05, 4.69) is 25.1 Å². The summed E-state index contributed by atoms with van der Waals surface area (Å²) in [6, 6.07) is 2.17. The van der Waals surface area contributed by atoms with Crippen molar-refractivity contribution in [1.82, 2.24) is 25.1 Å². The van der Waals surface area contributed by atoms with Gasteiger partial charge in [0.15, 0.2) is 0 Å². The van der Waals surface area contributed by atoms with Crippen LogP contribution in [0.2, 0.25) is 0 Å². The van der Waals surface area contributed by atoms with E-state index in [4.69, 9.17) is 0 Å². The average Bonchev–Trinajstić information content (AvgIpc) is 3.12. The zero-order valence-electron chi connectivity index (χ0n) is 10.9. The van der Waals surface area contributed by atoms with Gasteiger partial charge in [-0.15, -0.1) is 0 Å². The van der Waals surface area contributed by atoms with Gasteiger partial charge in [0.1, 0.15) is 12.0 Å². The van der Waals surface area contributed by atoms with Crippen molar-refractivity contribution in [2.45, 2.75) is 6.18 Å². The van der Waals surface area contributed by atoms with Gasteiger partial charge in [-0.2, -0.15) is 18.3 Å². The molecule has 0 fully saturated rings. The van der Waals surface area contributed by atoms with Crippen molar-refractivity contribution < 1.29 is 13.2 Å². The molecule has 4 rings (SSSR count). The molecule has 0 bridgehead atoms. The maximum Gasteiger partial charge on any atom is 0.416 e. The average molecular weight is 303 g/mol. The Hall–Kier alpha value is -2.90. The molecule has 5 nitrogen and oxygen atoms in total. The molecule has 0 spiro atoms. The molecule has 22 heavy (non-hydrogen) atoms. The highest BCUT2D eigenvalue weighted by molar-refractivity contribution is 6.03. The first-order valence-corrected chi connectivity index (χ1v) is 6.36. The number of benzene rings is 1. The van der Waals surface area contributed by atoms with Gasteiger partial charge >= 0.3 is 6.18 Å². The Morgan fingerprint density at radius 2 is 1.86 bits per heavy atom. The number of hydrogen-bond donors (Lipinski definition) is 2. The van der Waals surface area contributed by atoms with Crippen molar-refractivity contribution in [2.75, 3.05) is 0 Å². The molecular formula is C14H8F3N5. The van der Waals surface area contributed by atoms with Crippen molar-refractivity contribution in [1.29, 1.82) is 0 Å². The number of nitrogens with zero attached hydrogens (tertiary/aromatic N) is 3. The van der Waals surface area contributed by atoms with Gasteiger partial charge in [-0.05, 0) is 17.7 Å². The molecule has 2 N–H and O–H groups in total. The fraction of sp³-hybridized carbons (Fsp3) is 0.0714. The number of aromatic amines is 2. The summed E-state index contributed by atoms with van der Waals surface area (Å²) in [4.78, 5) is 10.9. The van der Waals surface area contributed by atoms with E-state index in [0.717, 1.165) is 12.1 Å². The van der Waals surface area contributed by atoms with Gasteiger partial charge in [-0.25, -0.2) is 9.97 Å². The summed E-state index contributed by atoms with van der Waals surface area (Å²) >= 11 is 0. The first-order chi connectivity index (χ1) is 10.5. The monoisotopic (exact) mass is 303 g/mol. The molecule has 1 aromatic carbocycles. The lowest BCUT2D eigenvalue weighted by Crippen LogP contribution is -2.05. The second-order valence-corrected chi connectivity index (χ2v) is 4.84. The van der Waals surface area contributed by atoms with Crippen LogP contribution in [-0.4, -0.2) is 25.1 Å². The standard InChI is InChI=1S/C14H8F3N5/c15-14(16,17)7-1-8(10-5-21-22-12(10)2-7)9-4-19-13-11(9)3-18-6-20-13/h1-6H,(H,21,22)(H,18,19,20). The molecule has 0 radical (unpaired) electrons. The van der Waals surface area contributed by atoms with E-state index >= 15 is 0 Å². The number of alkyl halides is 3. The highest BCUT2D eigenvalue weighted by Gasteiger charge is 2.32. The van der Waals surface area contributed by atoms with E-state index in [-0.39, 0.29) is 0 Å². The summed E-state index contributed by atoms with van der Waals surface area (Å²) in [6.07, 6.45) is 1.65. The normalized spacial score (nSPS) is 12.3. The Morgan fingerprint density at radius 3 is 2.68 bits per heavy atom. The lowest BCUT2D eigenvalue weighted by atomic mass is 9.99. The highest BCUT2D eigenvalue weighted by Crippen LogP contribution is 2.38. The maximum atomic E-state index is 13.1. The Kier molecular flexibility index (Phi) is 2.50. The van der Waals surface area contributed by atoms with E-state index < -0.39 is 11.7 Å². The summed E-state index contributed by atoms with van der Waals surface area (Å²) in [5.41, 5.74) is 1.20. The van der Waals surface area contributed by atoms with Gasteiger partial charge in [-0.3, -0.25) is 5.10 Å². The predicted molar refractivity (Wildman–Crippen MR) is 74.0 cm³/mol. The summed E-state index contributed by atoms with van der Waals surface area (Å²) in [5, 5.41) is 7.70. The molecule has 0 aliphatic heterocycles. The maximum absolute atomic E-state index is 13.1. The third kappa shape index (κ3) is 1.84. The Morgan fingerprint density at radius 1 is 1.00 bits per heavy atom. The summed E-state index contributed by atoms with van der Waals surface area (Å²) in [6.45, 7) is 0. The fourth-order valence-electron chi connectivity index (χ4n) is 2.52. The van der Waals surface area contributed by atoms with Gasteiger partial charge in [0.05, 0.1) is 17.3 Å². The van der Waals surface area contributed by atoms with Crippen molar-refractivity contribution in [3.8, 4) is 11.1 Å². The number of fused-ring (bicyclic) bond motifs is 2. The van der Waals surface area contributed by atoms with Crippen LogP contribution >= 0.6 is 0 Å². The molecule has 4 aromatic rings. The zero-order chi connectivity index (χ0) is 15.3. The lowest BCUT2D eigenvalue weighted by molar-refractivity contribution is -0.137. The molecule has 8 heteroatoms. The third-order valence-corrected chi connectivity index (χ3v) is 3.53. The molecule has 0 saturated carbocycles. The second kappa shape index (κ2) is 4.30. The van der Waals surface area contributed by atoms with Crippen molar-refractivity contribution in [3.63, 3.8) is 0 Å². The molecule has 0 atom stereocenters. The van der Waals surface area contributed by atoms with Gasteiger partial charge in [0, 0.05) is 28.7 Å². The smallest absolute Gasteiger partial charge is 0.345 e. The van der Waals surface area contributed by atoms with Crippen LogP contribution in [-0.2, 0) is 6.18 Å². The number of aromatic nitrogens is 5. The largest absolute Gasteiger partial charge is 0.416 e. The van der Waals surface area contributed by atoms with Crippen LogP contribution in [0.5, 0.6) is 0 Å². The van der Waals surface area contributed by atoms with E-state index in [9.17, 15) is 13.2 Å². The first kappa shape index (κ1) is 12.8. The minimum atomic E-state index is -4.43. The van der Waals surface area contributed by atoms with Crippen molar-refractivity contribution in [2.24, 2.45) is 0 Å². The van der Waals surface area contributed by atoms with E-state index in [1.165, 1.54) is 12.5 Å². The number of rotatable bonds is 1. The number of H-pyrrole nitrogens is 2. The predicted octanol–water partition coefficient (Wildman–Crippen LogP) is 3.52. The van der Waals surface area contributed by atoms with E-state index in [1.54, 1.807) is 12.4 Å². The lowest BCUT2D eigenvalue weighted by Gasteiger charge is -2.09. The van der Waals surface area contributed by atoms with Crippen LogP contribution in [0.15, 0.2) is 37.1 Å². The van der Waals surface area contributed by atoms with Crippen LogP contribution in [0, 0.1) is 0 Å². The molecule has 3 heterocycles. The number of nitrogens with one attached hydrogen (secondary N) is 2. The molecule has 0 aliphatic carbocycles. The zero-order valence-corrected chi connectivity index (χ0v) is 10.9. The summed E-state index contributed by atoms with van der Waals surface area (Å²) in [7, 11) is 0. The SMILES string of the molecule is FC(F)(F)c1cc(-c2c[nH]c3ncncc23)c2cn[nH]c2c1. The molecule has 0 saturated heterocycles. The topological polar surface area (TPSA) is 70.2 Å². The van der Waals surface area contributed by atoms with Gasteiger partial charge in [-0.1, -0.05) is 0 Å². The third-order valence-electron chi connectivity index (χ3n) is 3.53. The molecule has 110 valence electrons. The van der Waals surface area contributed by atoms with Gasteiger partial charge in [0.25, 0.3) is 0 Å². The molecule has 0 amide bonds. The Labute approximate surface area is 121 Å². The Bertz CT molecular complexity index is 983. The number of hydrogen-bond acceptors (Lipinski definition) is 3. The fourth-order valence-corrected chi connectivity index (χ4v) is 2.52. The van der Waals surface area contributed by atoms with Crippen LogP contribution in [0.4, 0.5) is 13.2 Å². The van der Waals surface area contributed by atoms with E-state index in [1.807, 2.05) is 0 Å². The molecule has 0 unspecified atom stereocenters. The Balaban J connectivity index is 2.07. The first-order valence-electron chi connectivity index (χ1n) is 6.36.